The highest BCUT2D eigenvalue weighted by atomic mass is 31.2. The van der Waals surface area contributed by atoms with E-state index in [1.165, 1.54) is 51.4 Å². The van der Waals surface area contributed by atoms with Gasteiger partial charge in [0.2, 0.25) is 0 Å². The third kappa shape index (κ3) is 35.6. The number of carbonyl (C=O) groups excluding carboxylic acids is 2. The Balaban J connectivity index is 4.33. The minimum absolute atomic E-state index is 0.0431. The quantitative estimate of drug-likeness (QED) is 0.0285. The fraction of sp³-hybridized carbons (Fsp3) is 0.744. The molecule has 10 heteroatoms. The molecule has 0 fully saturated rings. The monoisotopic (exact) mass is 711 g/mol. The minimum Gasteiger partial charge on any atom is -0.462 e. The second-order valence-electron chi connectivity index (χ2n) is 12.4. The summed E-state index contributed by atoms with van der Waals surface area (Å²) in [6.07, 6.45) is 38.7. The number of unbranched alkanes of at least 4 members (excludes halogenated alkanes) is 14. The third-order valence-electron chi connectivity index (χ3n) is 7.69. The summed E-state index contributed by atoms with van der Waals surface area (Å²) < 4.78 is 32.5. The molecule has 0 bridgehead atoms. The number of phosphoric ester groups is 1. The first kappa shape index (κ1) is 47.0. The molecule has 0 saturated carbocycles. The van der Waals surface area contributed by atoms with Crippen molar-refractivity contribution >= 4 is 19.8 Å². The van der Waals surface area contributed by atoms with Crippen molar-refractivity contribution in [1.82, 2.24) is 0 Å². The van der Waals surface area contributed by atoms with Gasteiger partial charge >= 0.3 is 19.8 Å². The van der Waals surface area contributed by atoms with E-state index in [2.05, 4.69) is 56.4 Å². The summed E-state index contributed by atoms with van der Waals surface area (Å²) in [5, 5.41) is 0. The molecule has 0 rings (SSSR count). The molecule has 0 aromatic rings. The molecule has 1 unspecified atom stereocenters. The van der Waals surface area contributed by atoms with E-state index in [0.717, 1.165) is 57.8 Å². The van der Waals surface area contributed by atoms with Gasteiger partial charge in [0.25, 0.3) is 0 Å². The van der Waals surface area contributed by atoms with Crippen LogP contribution in [0.15, 0.2) is 48.6 Å². The number of nitrogens with two attached hydrogens (primary N) is 1. The van der Waals surface area contributed by atoms with Crippen LogP contribution in [0.25, 0.3) is 0 Å². The van der Waals surface area contributed by atoms with Crippen LogP contribution in [-0.2, 0) is 32.7 Å². The molecule has 0 spiro atoms. The van der Waals surface area contributed by atoms with Gasteiger partial charge in [0.15, 0.2) is 6.10 Å². The lowest BCUT2D eigenvalue weighted by molar-refractivity contribution is -0.161. The molecule has 0 aliphatic rings. The number of hydrogen-bond donors (Lipinski definition) is 2. The van der Waals surface area contributed by atoms with Gasteiger partial charge in [-0.1, -0.05) is 127 Å². The fourth-order valence-corrected chi connectivity index (χ4v) is 5.57. The lowest BCUT2D eigenvalue weighted by atomic mass is 10.1. The number of allylic oxidation sites excluding steroid dienone is 8. The van der Waals surface area contributed by atoms with Crippen molar-refractivity contribution in [2.24, 2.45) is 5.73 Å². The molecule has 0 aliphatic carbocycles. The molecule has 9 nitrogen and oxygen atoms in total. The van der Waals surface area contributed by atoms with Crippen LogP contribution in [0.2, 0.25) is 0 Å². The third-order valence-corrected chi connectivity index (χ3v) is 8.67. The van der Waals surface area contributed by atoms with Crippen molar-refractivity contribution in [1.29, 1.82) is 0 Å². The Morgan fingerprint density at radius 2 is 1.10 bits per heavy atom. The molecule has 0 heterocycles. The average molecular weight is 712 g/mol. The zero-order valence-corrected chi connectivity index (χ0v) is 31.8. The Morgan fingerprint density at radius 1 is 0.612 bits per heavy atom. The van der Waals surface area contributed by atoms with E-state index in [-0.39, 0.29) is 32.6 Å². The van der Waals surface area contributed by atoms with E-state index in [1.54, 1.807) is 0 Å². The minimum atomic E-state index is -4.39. The van der Waals surface area contributed by atoms with Crippen LogP contribution in [0.5, 0.6) is 0 Å². The van der Waals surface area contributed by atoms with Crippen LogP contribution in [0.3, 0.4) is 0 Å². The van der Waals surface area contributed by atoms with Crippen LogP contribution >= 0.6 is 7.82 Å². The van der Waals surface area contributed by atoms with Gasteiger partial charge in [0.1, 0.15) is 6.61 Å². The predicted molar refractivity (Wildman–Crippen MR) is 201 cm³/mol. The number of hydrogen-bond acceptors (Lipinski definition) is 8. The number of carbonyl (C=O) groups is 2. The van der Waals surface area contributed by atoms with Gasteiger partial charge in [-0.15, -0.1) is 0 Å². The maximum Gasteiger partial charge on any atom is 0.472 e. The first-order valence-electron chi connectivity index (χ1n) is 19.1. The SMILES string of the molecule is CCCC/C=C\CCCCCCCC(=O)OC[C@H](COP(=O)(O)OCCN)OC(=O)CCC/C=C\C/C=C\C/C=C\CCCCCCCC. The summed E-state index contributed by atoms with van der Waals surface area (Å²) in [7, 11) is -4.39. The van der Waals surface area contributed by atoms with Gasteiger partial charge in [-0.05, 0) is 64.2 Å². The number of phosphoric acid groups is 1. The molecule has 3 N–H and O–H groups in total. The van der Waals surface area contributed by atoms with E-state index in [9.17, 15) is 19.0 Å². The van der Waals surface area contributed by atoms with Crippen LogP contribution < -0.4 is 5.73 Å². The molecule has 0 aliphatic heterocycles. The Hall–Kier alpha value is -2.03. The average Bonchev–Trinajstić information content (AvgIpc) is 3.08. The summed E-state index contributed by atoms with van der Waals surface area (Å²) in [6.45, 7) is 3.59. The Bertz CT molecular complexity index is 949. The molecule has 0 amide bonds. The number of ether oxygens (including phenoxy) is 2. The van der Waals surface area contributed by atoms with Gasteiger partial charge in [0, 0.05) is 19.4 Å². The van der Waals surface area contributed by atoms with Crippen molar-refractivity contribution in [3.05, 3.63) is 48.6 Å². The summed E-state index contributed by atoms with van der Waals surface area (Å²) in [5.41, 5.74) is 5.32. The zero-order valence-electron chi connectivity index (χ0n) is 30.9. The molecule has 0 aromatic carbocycles. The molecular weight excluding hydrogens is 641 g/mol. The van der Waals surface area contributed by atoms with Gasteiger partial charge in [-0.2, -0.15) is 0 Å². The molecule has 0 aromatic heterocycles. The highest BCUT2D eigenvalue weighted by molar-refractivity contribution is 7.47. The van der Waals surface area contributed by atoms with Crippen LogP contribution in [0, 0.1) is 0 Å². The lowest BCUT2D eigenvalue weighted by Gasteiger charge is -2.19. The second kappa shape index (κ2) is 35.8. The number of rotatable bonds is 35. The first-order chi connectivity index (χ1) is 23.8. The molecule has 0 radical (unpaired) electrons. The summed E-state index contributed by atoms with van der Waals surface area (Å²) in [6, 6.07) is 0. The van der Waals surface area contributed by atoms with Gasteiger partial charge in [-0.25, -0.2) is 4.57 Å². The van der Waals surface area contributed by atoms with Crippen LogP contribution in [0.4, 0.5) is 0 Å². The first-order valence-corrected chi connectivity index (χ1v) is 20.6. The smallest absolute Gasteiger partial charge is 0.462 e. The normalized spacial score (nSPS) is 14.0. The van der Waals surface area contributed by atoms with Crippen molar-refractivity contribution in [3.63, 3.8) is 0 Å². The molecular formula is C39H70NO8P. The van der Waals surface area contributed by atoms with E-state index < -0.39 is 32.5 Å². The Kier molecular flexibility index (Phi) is 34.3. The van der Waals surface area contributed by atoms with E-state index in [4.69, 9.17) is 24.3 Å². The zero-order chi connectivity index (χ0) is 36.1. The fourth-order valence-electron chi connectivity index (χ4n) is 4.81. The van der Waals surface area contributed by atoms with Gasteiger partial charge in [-0.3, -0.25) is 18.6 Å². The van der Waals surface area contributed by atoms with Gasteiger partial charge in [0.05, 0.1) is 13.2 Å². The van der Waals surface area contributed by atoms with Crippen molar-refractivity contribution in [2.45, 2.75) is 161 Å². The second-order valence-corrected chi connectivity index (χ2v) is 13.9. The molecule has 0 saturated heterocycles. The van der Waals surface area contributed by atoms with Crippen molar-refractivity contribution < 1.29 is 37.6 Å². The van der Waals surface area contributed by atoms with E-state index in [0.29, 0.717) is 19.3 Å². The van der Waals surface area contributed by atoms with E-state index >= 15 is 0 Å². The summed E-state index contributed by atoms with van der Waals surface area (Å²) in [4.78, 5) is 34.6. The molecule has 2 atom stereocenters. The van der Waals surface area contributed by atoms with Crippen LogP contribution in [0.1, 0.15) is 155 Å². The van der Waals surface area contributed by atoms with Gasteiger partial charge < -0.3 is 20.1 Å². The highest BCUT2D eigenvalue weighted by Crippen LogP contribution is 2.43. The Morgan fingerprint density at radius 3 is 1.71 bits per heavy atom. The van der Waals surface area contributed by atoms with E-state index in [1.807, 2.05) is 6.08 Å². The maximum absolute atomic E-state index is 12.5. The van der Waals surface area contributed by atoms with Crippen molar-refractivity contribution in [3.8, 4) is 0 Å². The van der Waals surface area contributed by atoms with Crippen molar-refractivity contribution in [2.75, 3.05) is 26.4 Å². The summed E-state index contributed by atoms with van der Waals surface area (Å²) in [5.74, 6) is -0.906. The Labute approximate surface area is 298 Å². The molecule has 284 valence electrons. The predicted octanol–water partition coefficient (Wildman–Crippen LogP) is 10.4. The standard InChI is InChI=1S/C39H70NO8P/c1-3-5-7-9-11-13-15-16-17-18-19-20-22-24-26-28-30-32-39(42)48-37(36-47-49(43,44)46-34-33-40)35-45-38(41)31-29-27-25-23-21-14-12-10-8-6-4-2/h10,12,16-17,19-20,24,26,37H,3-9,11,13-15,18,21-23,25,27-36,40H2,1-2H3,(H,43,44)/b12-10-,17-16-,20-19-,26-24-/t37-/m1/s1. The maximum atomic E-state index is 12.5. The largest absolute Gasteiger partial charge is 0.472 e. The topological polar surface area (TPSA) is 134 Å². The lowest BCUT2D eigenvalue weighted by Crippen LogP contribution is -2.29. The molecule has 49 heavy (non-hydrogen) atoms. The van der Waals surface area contributed by atoms with Crippen LogP contribution in [-0.4, -0.2) is 49.3 Å². The highest BCUT2D eigenvalue weighted by Gasteiger charge is 2.25. The summed E-state index contributed by atoms with van der Waals surface area (Å²) >= 11 is 0. The number of esters is 2.